The highest BCUT2D eigenvalue weighted by Gasteiger charge is 2.25. The first-order valence-corrected chi connectivity index (χ1v) is 6.37. The van der Waals surface area contributed by atoms with Gasteiger partial charge in [0.15, 0.2) is 0 Å². The van der Waals surface area contributed by atoms with E-state index in [1.165, 1.54) is 6.92 Å². The van der Waals surface area contributed by atoms with Crippen LogP contribution in [-0.2, 0) is 10.4 Å². The topological polar surface area (TPSA) is 37.3 Å². The summed E-state index contributed by atoms with van der Waals surface area (Å²) in [4.78, 5) is 11.2. The van der Waals surface area contributed by atoms with Crippen LogP contribution in [0.15, 0.2) is 54.6 Å². The number of benzene rings is 2. The summed E-state index contributed by atoms with van der Waals surface area (Å²) in [6, 6.07) is 17.7. The largest absolute Gasteiger partial charge is 0.385 e. The lowest BCUT2D eigenvalue weighted by Crippen LogP contribution is -2.24. The molecule has 2 heteroatoms. The molecule has 0 aliphatic rings. The Morgan fingerprint density at radius 2 is 1.68 bits per heavy atom. The fraction of sp³-hybridized carbons (Fsp3) is 0.235. The van der Waals surface area contributed by atoms with E-state index < -0.39 is 5.60 Å². The zero-order valence-corrected chi connectivity index (χ0v) is 11.3. The monoisotopic (exact) mass is 254 g/mol. The summed E-state index contributed by atoms with van der Waals surface area (Å²) in [5.41, 5.74) is 1.80. The number of hydrogen-bond donors (Lipinski definition) is 1. The molecule has 0 bridgehead atoms. The Labute approximate surface area is 113 Å². The van der Waals surface area contributed by atoms with Crippen LogP contribution in [0, 0.1) is 0 Å². The lowest BCUT2D eigenvalue weighted by Gasteiger charge is -2.23. The molecule has 2 rings (SSSR count). The van der Waals surface area contributed by atoms with Crippen molar-refractivity contribution in [2.24, 2.45) is 0 Å². The Morgan fingerprint density at radius 3 is 2.32 bits per heavy atom. The van der Waals surface area contributed by atoms with E-state index in [4.69, 9.17) is 0 Å². The molecular formula is C17H18O2. The number of rotatable bonds is 4. The molecule has 0 fully saturated rings. The zero-order chi connectivity index (χ0) is 13.9. The van der Waals surface area contributed by atoms with Crippen molar-refractivity contribution in [3.8, 4) is 11.1 Å². The van der Waals surface area contributed by atoms with Gasteiger partial charge in [-0.2, -0.15) is 0 Å². The molecule has 2 nitrogen and oxygen atoms in total. The van der Waals surface area contributed by atoms with Gasteiger partial charge in [-0.25, -0.2) is 0 Å². The summed E-state index contributed by atoms with van der Waals surface area (Å²) in [7, 11) is 0. The molecule has 2 aromatic carbocycles. The number of ketones is 1. The molecule has 0 heterocycles. The van der Waals surface area contributed by atoms with Crippen molar-refractivity contribution in [2.45, 2.75) is 25.9 Å². The molecule has 0 saturated heterocycles. The highest BCUT2D eigenvalue weighted by Crippen LogP contribution is 2.28. The van der Waals surface area contributed by atoms with Gasteiger partial charge in [0.25, 0.3) is 0 Å². The Kier molecular flexibility index (Phi) is 3.82. The van der Waals surface area contributed by atoms with Crippen LogP contribution >= 0.6 is 0 Å². The third-order valence-electron chi connectivity index (χ3n) is 3.18. The van der Waals surface area contributed by atoms with Crippen LogP contribution in [0.5, 0.6) is 0 Å². The summed E-state index contributed by atoms with van der Waals surface area (Å²) in [5, 5.41) is 10.4. The van der Waals surface area contributed by atoms with Crippen LogP contribution in [0.1, 0.15) is 25.8 Å². The maximum atomic E-state index is 11.2. The highest BCUT2D eigenvalue weighted by atomic mass is 16.3. The third kappa shape index (κ3) is 3.30. The molecule has 0 spiro atoms. The fourth-order valence-electron chi connectivity index (χ4n) is 2.25. The Morgan fingerprint density at radius 1 is 1.05 bits per heavy atom. The molecular weight excluding hydrogens is 236 g/mol. The van der Waals surface area contributed by atoms with Gasteiger partial charge in [0.1, 0.15) is 5.78 Å². The van der Waals surface area contributed by atoms with Crippen molar-refractivity contribution in [2.75, 3.05) is 0 Å². The Balaban J connectivity index is 2.37. The van der Waals surface area contributed by atoms with Gasteiger partial charge < -0.3 is 5.11 Å². The SMILES string of the molecule is CC(=O)CC(C)(O)c1cccc(-c2ccccc2)c1. The molecule has 1 unspecified atom stereocenters. The molecule has 2 aromatic rings. The third-order valence-corrected chi connectivity index (χ3v) is 3.18. The number of carbonyl (C=O) groups is 1. The molecule has 19 heavy (non-hydrogen) atoms. The normalized spacial score (nSPS) is 13.8. The van der Waals surface area contributed by atoms with E-state index in [-0.39, 0.29) is 12.2 Å². The van der Waals surface area contributed by atoms with Gasteiger partial charge in [-0.3, -0.25) is 4.79 Å². The molecule has 98 valence electrons. The minimum absolute atomic E-state index is 0.0184. The van der Waals surface area contributed by atoms with Gasteiger partial charge in [-0.1, -0.05) is 48.5 Å². The molecule has 0 radical (unpaired) electrons. The second kappa shape index (κ2) is 5.37. The Bertz CT molecular complexity index is 571. The van der Waals surface area contributed by atoms with Crippen LogP contribution in [0.25, 0.3) is 11.1 Å². The predicted octanol–water partition coefficient (Wildman–Crippen LogP) is 3.54. The van der Waals surface area contributed by atoms with Gasteiger partial charge >= 0.3 is 0 Å². The number of aliphatic hydroxyl groups is 1. The van der Waals surface area contributed by atoms with Gasteiger partial charge in [-0.15, -0.1) is 0 Å². The van der Waals surface area contributed by atoms with Crippen molar-refractivity contribution >= 4 is 5.78 Å². The summed E-state index contributed by atoms with van der Waals surface area (Å²) in [6.45, 7) is 3.17. The summed E-state index contributed by atoms with van der Waals surface area (Å²) in [5.74, 6) is -0.0184. The van der Waals surface area contributed by atoms with Crippen molar-refractivity contribution < 1.29 is 9.90 Å². The average molecular weight is 254 g/mol. The van der Waals surface area contributed by atoms with Crippen molar-refractivity contribution in [1.29, 1.82) is 0 Å². The maximum absolute atomic E-state index is 11.2. The number of carbonyl (C=O) groups excluding carboxylic acids is 1. The average Bonchev–Trinajstić information content (AvgIpc) is 2.38. The van der Waals surface area contributed by atoms with Crippen LogP contribution in [0.3, 0.4) is 0 Å². The van der Waals surface area contributed by atoms with Crippen LogP contribution < -0.4 is 0 Å². The second-order valence-corrected chi connectivity index (χ2v) is 5.10. The summed E-state index contributed by atoms with van der Waals surface area (Å²) in [6.07, 6.45) is 0.130. The Hall–Kier alpha value is -1.93. The standard InChI is InChI=1S/C17H18O2/c1-13(18)12-17(2,19)16-10-6-9-15(11-16)14-7-4-3-5-8-14/h3-11,19H,12H2,1-2H3. The fourth-order valence-corrected chi connectivity index (χ4v) is 2.25. The van der Waals surface area contributed by atoms with Gasteiger partial charge in [0.2, 0.25) is 0 Å². The van der Waals surface area contributed by atoms with E-state index in [0.717, 1.165) is 16.7 Å². The molecule has 1 N–H and O–H groups in total. The number of Topliss-reactive ketones (excluding diaryl/α,β-unsaturated/α-hetero) is 1. The minimum Gasteiger partial charge on any atom is -0.385 e. The molecule has 0 aromatic heterocycles. The molecule has 0 saturated carbocycles. The minimum atomic E-state index is -1.11. The van der Waals surface area contributed by atoms with Crippen molar-refractivity contribution in [3.05, 3.63) is 60.2 Å². The van der Waals surface area contributed by atoms with Crippen LogP contribution in [-0.4, -0.2) is 10.9 Å². The van der Waals surface area contributed by atoms with Gasteiger partial charge in [0.05, 0.1) is 5.60 Å². The van der Waals surface area contributed by atoms with Gasteiger partial charge in [-0.05, 0) is 36.6 Å². The lowest BCUT2D eigenvalue weighted by atomic mass is 9.89. The van der Waals surface area contributed by atoms with Crippen LogP contribution in [0.2, 0.25) is 0 Å². The van der Waals surface area contributed by atoms with E-state index in [2.05, 4.69) is 0 Å². The molecule has 0 amide bonds. The van der Waals surface area contributed by atoms with E-state index in [1.807, 2.05) is 54.6 Å². The van der Waals surface area contributed by atoms with Crippen molar-refractivity contribution in [1.82, 2.24) is 0 Å². The summed E-state index contributed by atoms with van der Waals surface area (Å²) < 4.78 is 0. The first-order chi connectivity index (χ1) is 8.99. The lowest BCUT2D eigenvalue weighted by molar-refractivity contribution is -0.121. The van der Waals surface area contributed by atoms with E-state index in [0.29, 0.717) is 0 Å². The zero-order valence-electron chi connectivity index (χ0n) is 11.3. The highest BCUT2D eigenvalue weighted by molar-refractivity contribution is 5.77. The quantitative estimate of drug-likeness (QED) is 0.906. The maximum Gasteiger partial charge on any atom is 0.133 e. The van der Waals surface area contributed by atoms with Crippen molar-refractivity contribution in [3.63, 3.8) is 0 Å². The first-order valence-electron chi connectivity index (χ1n) is 6.37. The first kappa shape index (κ1) is 13.5. The predicted molar refractivity (Wildman–Crippen MR) is 76.7 cm³/mol. The number of hydrogen-bond acceptors (Lipinski definition) is 2. The van der Waals surface area contributed by atoms with Gasteiger partial charge in [0, 0.05) is 6.42 Å². The van der Waals surface area contributed by atoms with E-state index >= 15 is 0 Å². The van der Waals surface area contributed by atoms with E-state index in [9.17, 15) is 9.90 Å². The van der Waals surface area contributed by atoms with E-state index in [1.54, 1.807) is 6.92 Å². The second-order valence-electron chi connectivity index (χ2n) is 5.10. The molecule has 1 atom stereocenters. The molecule has 0 aliphatic carbocycles. The summed E-state index contributed by atoms with van der Waals surface area (Å²) >= 11 is 0. The molecule has 0 aliphatic heterocycles. The van der Waals surface area contributed by atoms with Crippen LogP contribution in [0.4, 0.5) is 0 Å². The smallest absolute Gasteiger partial charge is 0.133 e.